The molecule has 2 aromatic carbocycles. The average molecular weight is 308 g/mol. The lowest BCUT2D eigenvalue weighted by Gasteiger charge is -2.08. The second-order valence-electron chi connectivity index (χ2n) is 4.95. The topological polar surface area (TPSA) is 94.4 Å². The van der Waals surface area contributed by atoms with Gasteiger partial charge in [-0.05, 0) is 40.6 Å². The normalized spacial score (nSPS) is 10.5. The van der Waals surface area contributed by atoms with Crippen LogP contribution < -0.4 is 11.5 Å². The van der Waals surface area contributed by atoms with Crippen molar-refractivity contribution in [2.24, 2.45) is 16.5 Å². The van der Waals surface area contributed by atoms with E-state index in [-0.39, 0.29) is 5.96 Å². The van der Waals surface area contributed by atoms with Gasteiger partial charge < -0.3 is 11.5 Å². The van der Waals surface area contributed by atoms with Gasteiger partial charge in [-0.2, -0.15) is 9.38 Å². The van der Waals surface area contributed by atoms with Gasteiger partial charge in [0.1, 0.15) is 0 Å². The molecule has 114 valence electrons. The van der Waals surface area contributed by atoms with Gasteiger partial charge in [0.15, 0.2) is 5.96 Å². The second-order valence-corrected chi connectivity index (χ2v) is 4.95. The molecule has 0 saturated heterocycles. The van der Waals surface area contributed by atoms with Crippen molar-refractivity contribution >= 4 is 22.6 Å². The monoisotopic (exact) mass is 308 g/mol. The summed E-state index contributed by atoms with van der Waals surface area (Å²) in [4.78, 5) is 19.2. The predicted octanol–water partition coefficient (Wildman–Crippen LogP) is 2.45. The van der Waals surface area contributed by atoms with Crippen molar-refractivity contribution in [2.75, 3.05) is 0 Å². The number of carbonyl (C=O) groups is 1. The Hall–Kier alpha value is -3.28. The fraction of sp³-hybridized carbons (Fsp3) is 0. The number of amides is 1. The van der Waals surface area contributed by atoms with E-state index in [1.807, 2.05) is 24.3 Å². The molecule has 1 aromatic heterocycles. The summed E-state index contributed by atoms with van der Waals surface area (Å²) in [6.07, 6.45) is 1.45. The lowest BCUT2D eigenvalue weighted by atomic mass is 9.97. The van der Waals surface area contributed by atoms with Crippen molar-refractivity contribution in [3.8, 4) is 11.1 Å². The summed E-state index contributed by atoms with van der Waals surface area (Å²) in [6.45, 7) is 0. The number of rotatable bonds is 2. The van der Waals surface area contributed by atoms with Gasteiger partial charge in [0.05, 0.1) is 0 Å². The third-order valence-electron chi connectivity index (χ3n) is 3.40. The first-order valence-electron chi connectivity index (χ1n) is 6.83. The highest BCUT2D eigenvalue weighted by Crippen LogP contribution is 2.29. The minimum absolute atomic E-state index is 0.286. The Morgan fingerprint density at radius 3 is 2.61 bits per heavy atom. The van der Waals surface area contributed by atoms with E-state index in [0.29, 0.717) is 5.56 Å². The third kappa shape index (κ3) is 3.01. The van der Waals surface area contributed by atoms with E-state index < -0.39 is 11.9 Å². The number of halogens is 1. The fourth-order valence-corrected chi connectivity index (χ4v) is 2.37. The van der Waals surface area contributed by atoms with E-state index in [2.05, 4.69) is 9.98 Å². The van der Waals surface area contributed by atoms with Crippen LogP contribution >= 0.6 is 0 Å². The lowest BCUT2D eigenvalue weighted by Crippen LogP contribution is -2.24. The summed E-state index contributed by atoms with van der Waals surface area (Å²) in [7, 11) is 0. The smallest absolute Gasteiger partial charge is 0.280 e. The molecule has 3 aromatic rings. The molecule has 0 bridgehead atoms. The zero-order valence-corrected chi connectivity index (χ0v) is 12.0. The number of pyridine rings is 1. The molecule has 0 aliphatic carbocycles. The molecule has 0 aliphatic heterocycles. The van der Waals surface area contributed by atoms with Crippen molar-refractivity contribution in [3.63, 3.8) is 0 Å². The number of hydrogen-bond donors (Lipinski definition) is 2. The minimum Gasteiger partial charge on any atom is -0.370 e. The molecule has 0 fully saturated rings. The van der Waals surface area contributed by atoms with Crippen LogP contribution in [0, 0.1) is 5.95 Å². The molecular weight excluding hydrogens is 295 g/mol. The fourth-order valence-electron chi connectivity index (χ4n) is 2.37. The number of guanidine groups is 1. The SMILES string of the molecule is NC(N)=NC(=O)c1ccc2cccc(-c3ccc(F)nc3)c2c1. The van der Waals surface area contributed by atoms with Crippen molar-refractivity contribution < 1.29 is 9.18 Å². The van der Waals surface area contributed by atoms with Crippen LogP contribution in [0.5, 0.6) is 0 Å². The van der Waals surface area contributed by atoms with Crippen LogP contribution in [-0.4, -0.2) is 16.9 Å². The number of carbonyl (C=O) groups excluding carboxylic acids is 1. The quantitative estimate of drug-likeness (QED) is 0.432. The maximum Gasteiger partial charge on any atom is 0.280 e. The molecule has 0 radical (unpaired) electrons. The Kier molecular flexibility index (Phi) is 3.72. The molecule has 0 aliphatic rings. The molecule has 0 unspecified atom stereocenters. The van der Waals surface area contributed by atoms with E-state index in [4.69, 9.17) is 11.5 Å². The Balaban J connectivity index is 2.17. The van der Waals surface area contributed by atoms with E-state index in [1.165, 1.54) is 12.3 Å². The van der Waals surface area contributed by atoms with Gasteiger partial charge in [0, 0.05) is 17.3 Å². The molecule has 23 heavy (non-hydrogen) atoms. The number of fused-ring (bicyclic) bond motifs is 1. The van der Waals surface area contributed by atoms with Gasteiger partial charge in [-0.25, -0.2) is 4.98 Å². The van der Waals surface area contributed by atoms with Crippen LogP contribution in [0.15, 0.2) is 59.7 Å². The Bertz CT molecular complexity index is 916. The van der Waals surface area contributed by atoms with Crippen molar-refractivity contribution in [1.29, 1.82) is 0 Å². The summed E-state index contributed by atoms with van der Waals surface area (Å²) in [5.41, 5.74) is 12.4. The molecule has 5 nitrogen and oxygen atoms in total. The maximum absolute atomic E-state index is 13.0. The second kappa shape index (κ2) is 5.84. The summed E-state index contributed by atoms with van der Waals surface area (Å²) < 4.78 is 13.0. The number of nitrogens with zero attached hydrogens (tertiary/aromatic N) is 2. The Morgan fingerprint density at radius 1 is 1.09 bits per heavy atom. The van der Waals surface area contributed by atoms with Crippen molar-refractivity contribution in [3.05, 3.63) is 66.2 Å². The summed E-state index contributed by atoms with van der Waals surface area (Å²) >= 11 is 0. The molecule has 0 saturated carbocycles. The highest BCUT2D eigenvalue weighted by atomic mass is 19.1. The Morgan fingerprint density at radius 2 is 1.91 bits per heavy atom. The van der Waals surface area contributed by atoms with Crippen LogP contribution in [0.4, 0.5) is 4.39 Å². The highest BCUT2D eigenvalue weighted by molar-refractivity contribution is 6.06. The molecule has 4 N–H and O–H groups in total. The van der Waals surface area contributed by atoms with E-state index >= 15 is 0 Å². The van der Waals surface area contributed by atoms with Crippen LogP contribution in [0.25, 0.3) is 21.9 Å². The molecule has 0 spiro atoms. The standard InChI is InChI=1S/C17H13FN4O/c18-15-7-6-12(9-21-15)13-3-1-2-10-4-5-11(8-14(10)13)16(23)22-17(19)20/h1-9H,(H4,19,20,22,23). The van der Waals surface area contributed by atoms with Gasteiger partial charge in [0.2, 0.25) is 5.95 Å². The van der Waals surface area contributed by atoms with E-state index in [0.717, 1.165) is 21.9 Å². The number of aliphatic imine (C=N–C) groups is 1. The van der Waals surface area contributed by atoms with Gasteiger partial charge in [-0.3, -0.25) is 4.79 Å². The van der Waals surface area contributed by atoms with Gasteiger partial charge >= 0.3 is 0 Å². The zero-order valence-electron chi connectivity index (χ0n) is 12.0. The number of hydrogen-bond acceptors (Lipinski definition) is 2. The average Bonchev–Trinajstić information content (AvgIpc) is 2.54. The van der Waals surface area contributed by atoms with E-state index in [9.17, 15) is 9.18 Å². The summed E-state index contributed by atoms with van der Waals surface area (Å²) in [5, 5.41) is 1.77. The molecule has 0 atom stereocenters. The van der Waals surface area contributed by atoms with Gasteiger partial charge in [-0.15, -0.1) is 0 Å². The maximum atomic E-state index is 13.0. The van der Waals surface area contributed by atoms with Crippen LogP contribution in [0.3, 0.4) is 0 Å². The zero-order chi connectivity index (χ0) is 16.4. The third-order valence-corrected chi connectivity index (χ3v) is 3.40. The first-order chi connectivity index (χ1) is 11.0. The van der Waals surface area contributed by atoms with Crippen molar-refractivity contribution in [1.82, 2.24) is 4.98 Å². The van der Waals surface area contributed by atoms with E-state index in [1.54, 1.807) is 18.2 Å². The van der Waals surface area contributed by atoms with Gasteiger partial charge in [0.25, 0.3) is 5.91 Å². The van der Waals surface area contributed by atoms with Gasteiger partial charge in [-0.1, -0.05) is 24.3 Å². The highest BCUT2D eigenvalue weighted by Gasteiger charge is 2.09. The number of nitrogens with two attached hydrogens (primary N) is 2. The van der Waals surface area contributed by atoms with Crippen LogP contribution in [0.2, 0.25) is 0 Å². The molecule has 3 rings (SSSR count). The molecular formula is C17H13FN4O. The minimum atomic E-state index is -0.544. The van der Waals surface area contributed by atoms with Crippen LogP contribution in [-0.2, 0) is 0 Å². The molecule has 1 amide bonds. The summed E-state index contributed by atoms with van der Waals surface area (Å²) in [5.74, 6) is -1.34. The Labute approximate surface area is 131 Å². The largest absolute Gasteiger partial charge is 0.370 e. The number of benzene rings is 2. The lowest BCUT2D eigenvalue weighted by molar-refractivity contribution is 0.100. The molecule has 6 heteroatoms. The predicted molar refractivity (Wildman–Crippen MR) is 87.3 cm³/mol. The van der Waals surface area contributed by atoms with Crippen LogP contribution in [0.1, 0.15) is 10.4 Å². The van der Waals surface area contributed by atoms with Crippen molar-refractivity contribution in [2.45, 2.75) is 0 Å². The first-order valence-corrected chi connectivity index (χ1v) is 6.83. The first kappa shape index (κ1) is 14.6. The molecule has 1 heterocycles. The summed E-state index contributed by atoms with van der Waals surface area (Å²) in [6, 6.07) is 13.8. The number of aromatic nitrogens is 1.